The van der Waals surface area contributed by atoms with Crippen LogP contribution < -0.4 is 5.73 Å². The minimum Gasteiger partial charge on any atom is -0.336 e. The van der Waals surface area contributed by atoms with E-state index in [1.54, 1.807) is 0 Å². The van der Waals surface area contributed by atoms with Gasteiger partial charge in [0.2, 0.25) is 5.91 Å². The molecule has 1 aromatic carbocycles. The van der Waals surface area contributed by atoms with Crippen LogP contribution in [0.4, 0.5) is 0 Å². The SMILES string of the molecule is Cl.NC1(C(=O)N2CCc3ccccc3C2)CCCCC1. The van der Waals surface area contributed by atoms with Gasteiger partial charge in [-0.25, -0.2) is 0 Å². The lowest BCUT2D eigenvalue weighted by Gasteiger charge is -2.38. The van der Waals surface area contributed by atoms with E-state index >= 15 is 0 Å². The van der Waals surface area contributed by atoms with Crippen LogP contribution in [0, 0.1) is 0 Å². The van der Waals surface area contributed by atoms with Gasteiger partial charge in [-0.3, -0.25) is 4.79 Å². The van der Waals surface area contributed by atoms with E-state index in [0.29, 0.717) is 0 Å². The molecule has 1 saturated carbocycles. The summed E-state index contributed by atoms with van der Waals surface area (Å²) in [5.41, 5.74) is 8.42. The number of rotatable bonds is 1. The molecular formula is C16H23ClN2O. The van der Waals surface area contributed by atoms with Gasteiger partial charge in [0.05, 0.1) is 5.54 Å². The summed E-state index contributed by atoms with van der Waals surface area (Å²) in [4.78, 5) is 14.7. The molecule has 0 bridgehead atoms. The van der Waals surface area contributed by atoms with E-state index in [-0.39, 0.29) is 18.3 Å². The molecule has 20 heavy (non-hydrogen) atoms. The van der Waals surface area contributed by atoms with E-state index in [1.165, 1.54) is 17.5 Å². The van der Waals surface area contributed by atoms with E-state index in [9.17, 15) is 4.79 Å². The Balaban J connectivity index is 0.00000147. The Morgan fingerprint density at radius 2 is 1.75 bits per heavy atom. The van der Waals surface area contributed by atoms with Gasteiger partial charge in [0.25, 0.3) is 0 Å². The summed E-state index contributed by atoms with van der Waals surface area (Å²) in [5.74, 6) is 0.168. The van der Waals surface area contributed by atoms with Gasteiger partial charge in [-0.1, -0.05) is 43.5 Å². The van der Waals surface area contributed by atoms with Crippen molar-refractivity contribution in [3.8, 4) is 0 Å². The summed E-state index contributed by atoms with van der Waals surface area (Å²) < 4.78 is 0. The molecule has 0 radical (unpaired) electrons. The molecule has 0 saturated heterocycles. The highest BCUT2D eigenvalue weighted by atomic mass is 35.5. The molecule has 3 nitrogen and oxygen atoms in total. The number of hydrogen-bond donors (Lipinski definition) is 1. The lowest BCUT2D eigenvalue weighted by molar-refractivity contribution is -0.139. The predicted molar refractivity (Wildman–Crippen MR) is 82.8 cm³/mol. The van der Waals surface area contributed by atoms with Crippen molar-refractivity contribution < 1.29 is 4.79 Å². The number of benzene rings is 1. The molecular weight excluding hydrogens is 272 g/mol. The Morgan fingerprint density at radius 3 is 2.45 bits per heavy atom. The molecule has 0 aromatic heterocycles. The van der Waals surface area contributed by atoms with Crippen LogP contribution in [0.25, 0.3) is 0 Å². The van der Waals surface area contributed by atoms with Crippen LogP contribution in [-0.2, 0) is 17.8 Å². The van der Waals surface area contributed by atoms with Gasteiger partial charge in [0.15, 0.2) is 0 Å². The standard InChI is InChI=1S/C16H22N2O.ClH/c17-16(9-4-1-5-10-16)15(19)18-11-8-13-6-2-3-7-14(13)12-18;/h2-3,6-7H,1,4-5,8-12,17H2;1H. The first-order valence-corrected chi connectivity index (χ1v) is 7.34. The first kappa shape index (κ1) is 15.3. The second-order valence-corrected chi connectivity index (χ2v) is 5.96. The quantitative estimate of drug-likeness (QED) is 0.865. The summed E-state index contributed by atoms with van der Waals surface area (Å²) in [5, 5.41) is 0. The van der Waals surface area contributed by atoms with Gasteiger partial charge < -0.3 is 10.6 Å². The first-order valence-electron chi connectivity index (χ1n) is 7.34. The zero-order chi connectivity index (χ0) is 13.3. The summed E-state index contributed by atoms with van der Waals surface area (Å²) in [7, 11) is 0. The molecule has 1 amide bonds. The van der Waals surface area contributed by atoms with Crippen molar-refractivity contribution in [1.29, 1.82) is 0 Å². The fourth-order valence-electron chi connectivity index (χ4n) is 3.38. The Kier molecular flexibility index (Phi) is 4.71. The normalized spacial score (nSPS) is 20.8. The molecule has 1 heterocycles. The van der Waals surface area contributed by atoms with Gasteiger partial charge in [0, 0.05) is 13.1 Å². The fourth-order valence-corrected chi connectivity index (χ4v) is 3.38. The van der Waals surface area contributed by atoms with E-state index in [1.807, 2.05) is 11.0 Å². The molecule has 0 atom stereocenters. The van der Waals surface area contributed by atoms with Crippen LogP contribution in [0.2, 0.25) is 0 Å². The number of nitrogens with zero attached hydrogens (tertiary/aromatic N) is 1. The Bertz CT molecular complexity index is 483. The molecule has 1 fully saturated rings. The highest BCUT2D eigenvalue weighted by molar-refractivity contribution is 5.86. The highest BCUT2D eigenvalue weighted by Crippen LogP contribution is 2.29. The lowest BCUT2D eigenvalue weighted by atomic mass is 9.81. The van der Waals surface area contributed by atoms with Gasteiger partial charge in [-0.05, 0) is 30.4 Å². The highest BCUT2D eigenvalue weighted by Gasteiger charge is 2.39. The lowest BCUT2D eigenvalue weighted by Crippen LogP contribution is -2.57. The number of amides is 1. The van der Waals surface area contributed by atoms with Crippen LogP contribution in [-0.4, -0.2) is 22.9 Å². The van der Waals surface area contributed by atoms with Crippen LogP contribution in [0.5, 0.6) is 0 Å². The van der Waals surface area contributed by atoms with Gasteiger partial charge >= 0.3 is 0 Å². The predicted octanol–water partition coefficient (Wildman–Crippen LogP) is 2.65. The minimum absolute atomic E-state index is 0. The van der Waals surface area contributed by atoms with Crippen LogP contribution in [0.1, 0.15) is 43.2 Å². The number of hydrogen-bond acceptors (Lipinski definition) is 2. The van der Waals surface area contributed by atoms with Crippen molar-refractivity contribution in [2.45, 2.75) is 50.6 Å². The van der Waals surface area contributed by atoms with Crippen LogP contribution in [0.3, 0.4) is 0 Å². The van der Waals surface area contributed by atoms with Gasteiger partial charge in [0.1, 0.15) is 0 Å². The van der Waals surface area contributed by atoms with E-state index in [4.69, 9.17) is 5.73 Å². The Labute approximate surface area is 126 Å². The van der Waals surface area contributed by atoms with E-state index in [2.05, 4.69) is 18.2 Å². The van der Waals surface area contributed by atoms with Crippen LogP contribution in [0.15, 0.2) is 24.3 Å². The number of nitrogens with two attached hydrogens (primary N) is 1. The second-order valence-electron chi connectivity index (χ2n) is 5.96. The average Bonchev–Trinajstić information content (AvgIpc) is 2.47. The summed E-state index contributed by atoms with van der Waals surface area (Å²) in [6.45, 7) is 1.54. The number of halogens is 1. The molecule has 0 unspecified atom stereocenters. The number of carbonyl (C=O) groups is 1. The largest absolute Gasteiger partial charge is 0.336 e. The Hall–Kier alpha value is -1.06. The summed E-state index contributed by atoms with van der Waals surface area (Å²) in [6.07, 6.45) is 6.06. The third-order valence-electron chi connectivity index (χ3n) is 4.59. The topological polar surface area (TPSA) is 46.3 Å². The van der Waals surface area contributed by atoms with Crippen molar-refractivity contribution in [3.63, 3.8) is 0 Å². The first-order chi connectivity index (χ1) is 9.19. The van der Waals surface area contributed by atoms with Gasteiger partial charge in [-0.15, -0.1) is 12.4 Å². The summed E-state index contributed by atoms with van der Waals surface area (Å²) in [6, 6.07) is 8.41. The summed E-state index contributed by atoms with van der Waals surface area (Å²) >= 11 is 0. The molecule has 2 N–H and O–H groups in total. The zero-order valence-corrected chi connectivity index (χ0v) is 12.6. The zero-order valence-electron chi connectivity index (χ0n) is 11.8. The molecule has 0 spiro atoms. The smallest absolute Gasteiger partial charge is 0.242 e. The minimum atomic E-state index is -0.593. The van der Waals surface area contributed by atoms with Crippen molar-refractivity contribution in [3.05, 3.63) is 35.4 Å². The maximum atomic E-state index is 12.7. The molecule has 1 aliphatic heterocycles. The number of fused-ring (bicyclic) bond motifs is 1. The monoisotopic (exact) mass is 294 g/mol. The van der Waals surface area contributed by atoms with Crippen molar-refractivity contribution in [2.24, 2.45) is 5.73 Å². The molecule has 1 aliphatic carbocycles. The molecule has 110 valence electrons. The van der Waals surface area contributed by atoms with E-state index < -0.39 is 5.54 Å². The van der Waals surface area contributed by atoms with E-state index in [0.717, 1.165) is 45.2 Å². The third-order valence-corrected chi connectivity index (χ3v) is 4.59. The Morgan fingerprint density at radius 1 is 1.10 bits per heavy atom. The van der Waals surface area contributed by atoms with Crippen LogP contribution >= 0.6 is 12.4 Å². The number of carbonyl (C=O) groups excluding carboxylic acids is 1. The molecule has 2 aliphatic rings. The second kappa shape index (κ2) is 6.15. The molecule has 1 aromatic rings. The average molecular weight is 295 g/mol. The van der Waals surface area contributed by atoms with Crippen molar-refractivity contribution >= 4 is 18.3 Å². The maximum absolute atomic E-state index is 12.7. The molecule has 3 rings (SSSR count). The third kappa shape index (κ3) is 2.84. The van der Waals surface area contributed by atoms with Crippen molar-refractivity contribution in [2.75, 3.05) is 6.54 Å². The molecule has 4 heteroatoms. The van der Waals surface area contributed by atoms with Crippen molar-refractivity contribution in [1.82, 2.24) is 4.90 Å². The van der Waals surface area contributed by atoms with Gasteiger partial charge in [-0.2, -0.15) is 0 Å². The fraction of sp³-hybridized carbons (Fsp3) is 0.562. The maximum Gasteiger partial charge on any atom is 0.242 e.